The summed E-state index contributed by atoms with van der Waals surface area (Å²) in [6.07, 6.45) is 0. The van der Waals surface area contributed by atoms with E-state index in [0.717, 1.165) is 22.6 Å². The van der Waals surface area contributed by atoms with Crippen LogP contribution >= 0.6 is 0 Å². The molecule has 0 N–H and O–H groups in total. The van der Waals surface area contributed by atoms with Crippen molar-refractivity contribution in [2.24, 2.45) is 0 Å². The maximum atomic E-state index is 12.4. The molecule has 0 atom stereocenters. The van der Waals surface area contributed by atoms with E-state index in [4.69, 9.17) is 18.7 Å². The number of aryl methyl sites for hydroxylation is 2. The maximum absolute atomic E-state index is 12.4. The molecule has 33 heavy (non-hydrogen) atoms. The third-order valence-corrected chi connectivity index (χ3v) is 5.06. The molecule has 0 saturated carbocycles. The van der Waals surface area contributed by atoms with Gasteiger partial charge in [0.2, 0.25) is 0 Å². The summed E-state index contributed by atoms with van der Waals surface area (Å²) in [7, 11) is 1.66. The van der Waals surface area contributed by atoms with Gasteiger partial charge in [-0.15, -0.1) is 0 Å². The van der Waals surface area contributed by atoms with Crippen LogP contribution in [0.3, 0.4) is 0 Å². The minimum absolute atomic E-state index is 0.295. The zero-order chi connectivity index (χ0) is 23.8. The molecule has 8 heteroatoms. The number of benzene rings is 2. The number of hydrogen-bond acceptors (Lipinski definition) is 7. The Morgan fingerprint density at radius 3 is 2.21 bits per heavy atom. The molecule has 0 saturated heterocycles. The molecule has 3 rings (SSSR count). The summed E-state index contributed by atoms with van der Waals surface area (Å²) in [5.74, 6) is 1.22. The van der Waals surface area contributed by atoms with E-state index in [-0.39, 0.29) is 12.5 Å². The highest BCUT2D eigenvalue weighted by molar-refractivity contribution is 5.91. The molecular formula is C25H28N2O6. The summed E-state index contributed by atoms with van der Waals surface area (Å²) in [5, 5.41) is 3.89. The summed E-state index contributed by atoms with van der Waals surface area (Å²) in [4.78, 5) is 26.2. The first-order valence-corrected chi connectivity index (χ1v) is 10.6. The van der Waals surface area contributed by atoms with Crippen LogP contribution in [0.1, 0.15) is 39.9 Å². The van der Waals surface area contributed by atoms with Crippen molar-refractivity contribution in [2.75, 3.05) is 20.3 Å². The number of likely N-dealkylation sites (N-methyl/N-ethyl adjacent to an activating group) is 1. The van der Waals surface area contributed by atoms with Gasteiger partial charge in [-0.05, 0) is 62.7 Å². The van der Waals surface area contributed by atoms with Crippen molar-refractivity contribution in [1.82, 2.24) is 10.1 Å². The predicted octanol–water partition coefficient (Wildman–Crippen LogP) is 4.08. The number of rotatable bonds is 10. The number of esters is 1. The fourth-order valence-corrected chi connectivity index (χ4v) is 3.09. The van der Waals surface area contributed by atoms with Gasteiger partial charge >= 0.3 is 5.97 Å². The average molecular weight is 453 g/mol. The van der Waals surface area contributed by atoms with Gasteiger partial charge in [-0.25, -0.2) is 4.79 Å². The van der Waals surface area contributed by atoms with Crippen molar-refractivity contribution in [3.05, 3.63) is 76.7 Å². The zero-order valence-corrected chi connectivity index (χ0v) is 19.3. The molecule has 0 aliphatic carbocycles. The van der Waals surface area contributed by atoms with Crippen LogP contribution in [-0.2, 0) is 22.7 Å². The second-order valence-electron chi connectivity index (χ2n) is 7.52. The fourth-order valence-electron chi connectivity index (χ4n) is 3.09. The lowest BCUT2D eigenvalue weighted by Crippen LogP contribution is -2.30. The average Bonchev–Trinajstić information content (AvgIpc) is 3.14. The van der Waals surface area contributed by atoms with Gasteiger partial charge in [0.25, 0.3) is 5.91 Å². The van der Waals surface area contributed by atoms with Crippen molar-refractivity contribution in [3.8, 4) is 11.5 Å². The molecule has 1 heterocycles. The van der Waals surface area contributed by atoms with Gasteiger partial charge in [-0.2, -0.15) is 0 Å². The quantitative estimate of drug-likeness (QED) is 0.428. The molecule has 3 aromatic rings. The number of carbonyl (C=O) groups excluding carboxylic acids is 2. The lowest BCUT2D eigenvalue weighted by Gasteiger charge is -2.17. The standard InChI is InChI=1S/C25H28N2O6/c1-5-30-21-10-6-19(7-11-21)14-27(4)24(28)16-32-25(29)20-8-12-22(13-9-20)31-15-23-17(2)26-33-18(23)3/h6-13H,5,14-16H2,1-4H3. The summed E-state index contributed by atoms with van der Waals surface area (Å²) < 4.78 is 21.4. The van der Waals surface area contributed by atoms with Crippen LogP contribution in [0.5, 0.6) is 11.5 Å². The summed E-state index contributed by atoms with van der Waals surface area (Å²) >= 11 is 0. The Morgan fingerprint density at radius 1 is 0.970 bits per heavy atom. The van der Waals surface area contributed by atoms with E-state index in [9.17, 15) is 9.59 Å². The van der Waals surface area contributed by atoms with Crippen molar-refractivity contribution >= 4 is 11.9 Å². The van der Waals surface area contributed by atoms with Crippen LogP contribution in [0.4, 0.5) is 0 Å². The second kappa shape index (κ2) is 11.2. The number of ether oxygens (including phenoxy) is 3. The predicted molar refractivity (Wildman–Crippen MR) is 121 cm³/mol. The van der Waals surface area contributed by atoms with E-state index in [1.807, 2.05) is 45.0 Å². The topological polar surface area (TPSA) is 91.1 Å². The van der Waals surface area contributed by atoms with Gasteiger partial charge in [-0.1, -0.05) is 17.3 Å². The first kappa shape index (κ1) is 23.8. The molecule has 0 aliphatic rings. The van der Waals surface area contributed by atoms with Crippen LogP contribution in [-0.4, -0.2) is 42.2 Å². The van der Waals surface area contributed by atoms with E-state index in [0.29, 0.717) is 36.8 Å². The molecule has 8 nitrogen and oxygen atoms in total. The Balaban J connectivity index is 1.45. The van der Waals surface area contributed by atoms with Crippen LogP contribution < -0.4 is 9.47 Å². The molecular weight excluding hydrogens is 424 g/mol. The Morgan fingerprint density at radius 2 is 1.61 bits per heavy atom. The molecule has 0 unspecified atom stereocenters. The minimum Gasteiger partial charge on any atom is -0.494 e. The summed E-state index contributed by atoms with van der Waals surface area (Å²) in [6, 6.07) is 14.1. The van der Waals surface area contributed by atoms with Gasteiger partial charge in [0, 0.05) is 13.6 Å². The van der Waals surface area contributed by atoms with Crippen LogP contribution in [0, 0.1) is 13.8 Å². The summed E-state index contributed by atoms with van der Waals surface area (Å²) in [6.45, 7) is 6.59. The first-order chi connectivity index (χ1) is 15.9. The smallest absolute Gasteiger partial charge is 0.338 e. The highest BCUT2D eigenvalue weighted by atomic mass is 16.5. The third kappa shape index (κ3) is 6.58. The lowest BCUT2D eigenvalue weighted by molar-refractivity contribution is -0.133. The second-order valence-corrected chi connectivity index (χ2v) is 7.52. The van der Waals surface area contributed by atoms with E-state index in [1.165, 1.54) is 4.90 Å². The van der Waals surface area contributed by atoms with Gasteiger partial charge in [0.1, 0.15) is 23.9 Å². The Labute approximate surface area is 193 Å². The van der Waals surface area contributed by atoms with E-state index >= 15 is 0 Å². The fraction of sp³-hybridized carbons (Fsp3) is 0.320. The molecule has 0 aliphatic heterocycles. The number of amides is 1. The van der Waals surface area contributed by atoms with Crippen molar-refractivity contribution < 1.29 is 28.3 Å². The van der Waals surface area contributed by atoms with Crippen molar-refractivity contribution in [3.63, 3.8) is 0 Å². The van der Waals surface area contributed by atoms with E-state index in [2.05, 4.69) is 5.16 Å². The number of nitrogens with zero attached hydrogens (tertiary/aromatic N) is 2. The molecule has 0 radical (unpaired) electrons. The molecule has 0 spiro atoms. The van der Waals surface area contributed by atoms with E-state index in [1.54, 1.807) is 31.3 Å². The zero-order valence-electron chi connectivity index (χ0n) is 19.3. The van der Waals surface area contributed by atoms with Gasteiger partial charge < -0.3 is 23.6 Å². The number of hydrogen-bond donors (Lipinski definition) is 0. The third-order valence-electron chi connectivity index (χ3n) is 5.06. The lowest BCUT2D eigenvalue weighted by atomic mass is 10.2. The largest absolute Gasteiger partial charge is 0.494 e. The molecule has 0 bridgehead atoms. The normalized spacial score (nSPS) is 10.5. The van der Waals surface area contributed by atoms with Gasteiger partial charge in [-0.3, -0.25) is 4.79 Å². The van der Waals surface area contributed by atoms with Crippen LogP contribution in [0.15, 0.2) is 53.1 Å². The number of carbonyl (C=O) groups is 2. The highest BCUT2D eigenvalue weighted by Crippen LogP contribution is 2.18. The Hall–Kier alpha value is -3.81. The van der Waals surface area contributed by atoms with Crippen molar-refractivity contribution in [2.45, 2.75) is 33.9 Å². The maximum Gasteiger partial charge on any atom is 0.338 e. The molecule has 1 amide bonds. The Kier molecular flexibility index (Phi) is 8.07. The van der Waals surface area contributed by atoms with Gasteiger partial charge in [0.15, 0.2) is 6.61 Å². The molecule has 174 valence electrons. The molecule has 1 aromatic heterocycles. The first-order valence-electron chi connectivity index (χ1n) is 10.6. The summed E-state index contributed by atoms with van der Waals surface area (Å²) in [5.41, 5.74) is 2.96. The van der Waals surface area contributed by atoms with E-state index < -0.39 is 5.97 Å². The van der Waals surface area contributed by atoms with Crippen LogP contribution in [0.2, 0.25) is 0 Å². The molecule has 0 fully saturated rings. The number of aromatic nitrogens is 1. The minimum atomic E-state index is -0.574. The molecule has 2 aromatic carbocycles. The Bertz CT molecular complexity index is 1050. The van der Waals surface area contributed by atoms with Gasteiger partial charge in [0.05, 0.1) is 23.4 Å². The highest BCUT2D eigenvalue weighted by Gasteiger charge is 2.15. The van der Waals surface area contributed by atoms with Crippen molar-refractivity contribution in [1.29, 1.82) is 0 Å². The van der Waals surface area contributed by atoms with Crippen LogP contribution in [0.25, 0.3) is 0 Å². The monoisotopic (exact) mass is 452 g/mol. The SMILES string of the molecule is CCOc1ccc(CN(C)C(=O)COC(=O)c2ccc(OCc3c(C)noc3C)cc2)cc1.